The van der Waals surface area contributed by atoms with Crippen molar-refractivity contribution in [2.75, 3.05) is 16.0 Å². The van der Waals surface area contributed by atoms with Gasteiger partial charge in [0.2, 0.25) is 5.91 Å². The Kier molecular flexibility index (Phi) is 4.96. The summed E-state index contributed by atoms with van der Waals surface area (Å²) in [6, 6.07) is 17.1. The molecule has 28 heavy (non-hydrogen) atoms. The van der Waals surface area contributed by atoms with Crippen LogP contribution < -0.4 is 10.2 Å². The molecule has 3 aromatic rings. The van der Waals surface area contributed by atoms with Crippen molar-refractivity contribution in [3.05, 3.63) is 83.3 Å². The minimum atomic E-state index is -0.302. The van der Waals surface area contributed by atoms with E-state index in [9.17, 15) is 9.59 Å². The van der Waals surface area contributed by atoms with Crippen molar-refractivity contribution in [1.29, 1.82) is 0 Å². The van der Waals surface area contributed by atoms with Gasteiger partial charge in [-0.15, -0.1) is 11.8 Å². The molecule has 1 aliphatic rings. The van der Waals surface area contributed by atoms with E-state index in [2.05, 4.69) is 11.4 Å². The van der Waals surface area contributed by atoms with Crippen LogP contribution in [0.25, 0.3) is 0 Å². The van der Waals surface area contributed by atoms with E-state index >= 15 is 0 Å². The Morgan fingerprint density at radius 1 is 1.11 bits per heavy atom. The van der Waals surface area contributed by atoms with Crippen molar-refractivity contribution in [1.82, 2.24) is 0 Å². The van der Waals surface area contributed by atoms with Crippen molar-refractivity contribution >= 4 is 35.0 Å². The van der Waals surface area contributed by atoms with Gasteiger partial charge in [0.25, 0.3) is 5.91 Å². The number of aryl methyl sites for hydroxylation is 2. The van der Waals surface area contributed by atoms with Crippen molar-refractivity contribution in [3.63, 3.8) is 0 Å². The Balaban J connectivity index is 1.62. The SMILES string of the molecule is Cc1cc(C)cc(N2C(=O)CS[C@@H]2c2cccc(NC(=O)c3ccco3)c2)c1. The molecule has 0 radical (unpaired) electrons. The fourth-order valence-corrected chi connectivity index (χ4v) is 4.58. The number of hydrogen-bond acceptors (Lipinski definition) is 4. The lowest BCUT2D eigenvalue weighted by Gasteiger charge is -2.25. The first-order valence-electron chi connectivity index (χ1n) is 8.98. The second-order valence-corrected chi connectivity index (χ2v) is 7.90. The first-order chi connectivity index (χ1) is 13.5. The zero-order chi connectivity index (χ0) is 19.7. The highest BCUT2D eigenvalue weighted by atomic mass is 32.2. The summed E-state index contributed by atoms with van der Waals surface area (Å²) in [4.78, 5) is 26.7. The van der Waals surface area contributed by atoms with E-state index in [0.717, 1.165) is 22.4 Å². The van der Waals surface area contributed by atoms with Crippen LogP contribution in [0.3, 0.4) is 0 Å². The van der Waals surface area contributed by atoms with Gasteiger partial charge in [-0.2, -0.15) is 0 Å². The van der Waals surface area contributed by atoms with Crippen molar-refractivity contribution in [3.8, 4) is 0 Å². The quantitative estimate of drug-likeness (QED) is 0.684. The molecule has 1 fully saturated rings. The zero-order valence-electron chi connectivity index (χ0n) is 15.6. The maximum atomic E-state index is 12.6. The highest BCUT2D eigenvalue weighted by Gasteiger charge is 2.34. The van der Waals surface area contributed by atoms with Gasteiger partial charge >= 0.3 is 0 Å². The molecule has 0 aliphatic carbocycles. The third-order valence-corrected chi connectivity index (χ3v) is 5.74. The summed E-state index contributed by atoms with van der Waals surface area (Å²) in [6.07, 6.45) is 1.47. The normalized spacial score (nSPS) is 16.4. The monoisotopic (exact) mass is 392 g/mol. The van der Waals surface area contributed by atoms with E-state index in [1.54, 1.807) is 23.9 Å². The second-order valence-electron chi connectivity index (χ2n) is 6.83. The summed E-state index contributed by atoms with van der Waals surface area (Å²) in [6.45, 7) is 4.06. The van der Waals surface area contributed by atoms with Gasteiger partial charge in [-0.25, -0.2) is 0 Å². The molecule has 1 aromatic heterocycles. The van der Waals surface area contributed by atoms with Crippen LogP contribution in [-0.4, -0.2) is 17.6 Å². The van der Waals surface area contributed by atoms with Crippen molar-refractivity contribution in [2.45, 2.75) is 19.2 Å². The predicted molar refractivity (Wildman–Crippen MR) is 112 cm³/mol. The molecule has 2 aromatic carbocycles. The summed E-state index contributed by atoms with van der Waals surface area (Å²) < 4.78 is 5.14. The first-order valence-corrected chi connectivity index (χ1v) is 10.0. The van der Waals surface area contributed by atoms with Gasteiger partial charge in [-0.3, -0.25) is 14.5 Å². The molecule has 0 saturated carbocycles. The number of benzene rings is 2. The molecule has 1 aliphatic heterocycles. The highest BCUT2D eigenvalue weighted by molar-refractivity contribution is 8.00. The van der Waals surface area contributed by atoms with Gasteiger partial charge < -0.3 is 9.73 Å². The van der Waals surface area contributed by atoms with Crippen LogP contribution in [0, 0.1) is 13.8 Å². The van der Waals surface area contributed by atoms with Crippen molar-refractivity contribution < 1.29 is 14.0 Å². The van der Waals surface area contributed by atoms with Gasteiger partial charge in [-0.1, -0.05) is 18.2 Å². The third-order valence-electron chi connectivity index (χ3n) is 4.53. The number of nitrogens with one attached hydrogen (secondary N) is 1. The molecule has 142 valence electrons. The molecule has 5 nitrogen and oxygen atoms in total. The van der Waals surface area contributed by atoms with Crippen LogP contribution in [0.1, 0.15) is 32.6 Å². The van der Waals surface area contributed by atoms with Gasteiger partial charge in [0.1, 0.15) is 5.37 Å². The lowest BCUT2D eigenvalue weighted by molar-refractivity contribution is -0.115. The number of nitrogens with zero attached hydrogens (tertiary/aromatic N) is 1. The Bertz CT molecular complexity index is 1010. The van der Waals surface area contributed by atoms with E-state index in [0.29, 0.717) is 11.4 Å². The summed E-state index contributed by atoms with van der Waals surface area (Å²) >= 11 is 1.59. The number of thioether (sulfide) groups is 1. The third kappa shape index (κ3) is 3.68. The Morgan fingerprint density at radius 2 is 1.89 bits per heavy atom. The van der Waals surface area contributed by atoms with Gasteiger partial charge in [0.05, 0.1) is 12.0 Å². The van der Waals surface area contributed by atoms with E-state index in [4.69, 9.17) is 4.42 Å². The fraction of sp³-hybridized carbons (Fsp3) is 0.182. The number of carbonyl (C=O) groups excluding carboxylic acids is 2. The van der Waals surface area contributed by atoms with Crippen LogP contribution in [0.5, 0.6) is 0 Å². The smallest absolute Gasteiger partial charge is 0.291 e. The zero-order valence-corrected chi connectivity index (χ0v) is 16.5. The number of anilines is 2. The van der Waals surface area contributed by atoms with Crippen LogP contribution >= 0.6 is 11.8 Å². The first kappa shape index (κ1) is 18.4. The largest absolute Gasteiger partial charge is 0.459 e. The summed E-state index contributed by atoms with van der Waals surface area (Å²) in [7, 11) is 0. The fourth-order valence-electron chi connectivity index (χ4n) is 3.41. The van der Waals surface area contributed by atoms with Crippen molar-refractivity contribution in [2.24, 2.45) is 0 Å². The van der Waals surface area contributed by atoms with Crippen LogP contribution in [0.4, 0.5) is 11.4 Å². The minimum absolute atomic E-state index is 0.0880. The molecule has 0 spiro atoms. The number of furan rings is 1. The lowest BCUT2D eigenvalue weighted by atomic mass is 10.1. The lowest BCUT2D eigenvalue weighted by Crippen LogP contribution is -2.28. The molecule has 0 unspecified atom stereocenters. The maximum Gasteiger partial charge on any atom is 0.291 e. The molecule has 2 heterocycles. The minimum Gasteiger partial charge on any atom is -0.459 e. The average molecular weight is 392 g/mol. The summed E-state index contributed by atoms with van der Waals surface area (Å²) in [5.74, 6) is 0.474. The molecule has 2 amide bonds. The van der Waals surface area contributed by atoms with Gasteiger partial charge in [0, 0.05) is 11.4 Å². The second kappa shape index (κ2) is 7.56. The van der Waals surface area contributed by atoms with Gasteiger partial charge in [-0.05, 0) is 66.9 Å². The molecule has 1 atom stereocenters. The van der Waals surface area contributed by atoms with Crippen LogP contribution in [0.15, 0.2) is 65.3 Å². The van der Waals surface area contributed by atoms with E-state index in [1.165, 1.54) is 6.26 Å². The van der Waals surface area contributed by atoms with Crippen LogP contribution in [-0.2, 0) is 4.79 Å². The van der Waals surface area contributed by atoms with Crippen LogP contribution in [0.2, 0.25) is 0 Å². The van der Waals surface area contributed by atoms with E-state index in [1.807, 2.05) is 55.1 Å². The molecular weight excluding hydrogens is 372 g/mol. The molecule has 1 saturated heterocycles. The molecule has 1 N–H and O–H groups in total. The number of amides is 2. The predicted octanol–water partition coefficient (Wildman–Crippen LogP) is 4.93. The standard InChI is InChI=1S/C22H20N2O3S/c1-14-9-15(2)11-18(10-14)24-20(25)13-28-22(24)16-5-3-6-17(12-16)23-21(26)19-7-4-8-27-19/h3-12,22H,13H2,1-2H3,(H,23,26)/t22-/m1/s1. The summed E-state index contributed by atoms with van der Waals surface area (Å²) in [5, 5.41) is 2.72. The Hall–Kier alpha value is -2.99. The molecular formula is C22H20N2O3S. The number of carbonyl (C=O) groups is 2. The van der Waals surface area contributed by atoms with Gasteiger partial charge in [0.15, 0.2) is 5.76 Å². The Morgan fingerprint density at radius 3 is 2.61 bits per heavy atom. The van der Waals surface area contributed by atoms with E-state index < -0.39 is 0 Å². The summed E-state index contributed by atoms with van der Waals surface area (Å²) in [5.41, 5.74) is 4.78. The topological polar surface area (TPSA) is 62.6 Å². The number of rotatable bonds is 4. The molecule has 4 rings (SSSR count). The molecule has 6 heteroatoms. The van der Waals surface area contributed by atoms with E-state index in [-0.39, 0.29) is 22.9 Å². The number of hydrogen-bond donors (Lipinski definition) is 1. The average Bonchev–Trinajstić information content (AvgIpc) is 3.31. The molecule has 0 bridgehead atoms. The Labute approximate surface area is 167 Å². The highest BCUT2D eigenvalue weighted by Crippen LogP contribution is 2.42. The maximum absolute atomic E-state index is 12.6.